The van der Waals surface area contributed by atoms with Gasteiger partial charge in [0.15, 0.2) is 12.1 Å². The van der Waals surface area contributed by atoms with E-state index < -0.39 is 5.97 Å². The number of fused-ring (bicyclic) bond motifs is 7. The molecule has 5 saturated carbocycles. The maximum absolute atomic E-state index is 13.9. The van der Waals surface area contributed by atoms with Crippen molar-refractivity contribution >= 4 is 23.8 Å². The molecule has 3 N–H and O–H groups in total. The van der Waals surface area contributed by atoms with E-state index in [1.165, 1.54) is 44.1 Å². The van der Waals surface area contributed by atoms with Crippen molar-refractivity contribution in [3.05, 3.63) is 40.7 Å². The average Bonchev–Trinajstić information content (AvgIpc) is 3.46. The van der Waals surface area contributed by atoms with E-state index in [2.05, 4.69) is 71.0 Å². The number of aliphatic carboxylic acids is 1. The van der Waals surface area contributed by atoms with Gasteiger partial charge in [-0.05, 0) is 174 Å². The van der Waals surface area contributed by atoms with Crippen LogP contribution in [0.4, 0.5) is 0 Å². The number of carbonyl (C=O) groups is 4. The quantitative estimate of drug-likeness (QED) is 0.141. The molecule has 1 aromatic heterocycles. The molecule has 1 heterocycles. The lowest BCUT2D eigenvalue weighted by atomic mass is 9.35. The zero-order chi connectivity index (χ0) is 42.6. The number of carboxylic acids is 1. The Kier molecular flexibility index (Phi) is 12.9. The first kappa shape index (κ1) is 44.8. The number of nitrogens with one attached hydrogen (secondary N) is 2. The van der Waals surface area contributed by atoms with Gasteiger partial charge in [0.05, 0.1) is 5.92 Å². The number of likely N-dealkylation sites (N-methyl/N-ethyl adjacent to an activating group) is 1. The minimum absolute atomic E-state index is 0.0357. The Morgan fingerprint density at radius 1 is 0.983 bits per heavy atom. The van der Waals surface area contributed by atoms with Gasteiger partial charge < -0.3 is 15.7 Å². The Hall–Kier alpha value is -2.71. The molecule has 0 aliphatic heterocycles. The second kappa shape index (κ2) is 16.6. The number of nitrogens with zero attached hydrogens (tertiary/aromatic N) is 1. The third-order valence-electron chi connectivity index (χ3n) is 18.0. The van der Waals surface area contributed by atoms with Gasteiger partial charge in [-0.25, -0.2) is 0 Å². The number of carbonyl (C=O) groups excluding carboxylic acids is 3. The predicted molar refractivity (Wildman–Crippen MR) is 231 cm³/mol. The highest BCUT2D eigenvalue weighted by molar-refractivity contribution is 6.00. The molecular formula is C50H77N3O5. The summed E-state index contributed by atoms with van der Waals surface area (Å²) in [4.78, 5) is 53.0. The second-order valence-corrected chi connectivity index (χ2v) is 22.1. The fourth-order valence-electron chi connectivity index (χ4n) is 14.6. The summed E-state index contributed by atoms with van der Waals surface area (Å²) in [6, 6.07) is 5.35. The zero-order valence-electron chi connectivity index (χ0n) is 37.9. The molecule has 0 saturated heterocycles. The van der Waals surface area contributed by atoms with E-state index in [9.17, 15) is 24.3 Å². The normalized spacial score (nSPS) is 37.7. The smallest absolute Gasteiger partial charge is 0.306 e. The van der Waals surface area contributed by atoms with Crippen LogP contribution in [0.25, 0.3) is 0 Å². The molecule has 6 aliphatic carbocycles. The van der Waals surface area contributed by atoms with E-state index in [0.717, 1.165) is 50.8 Å². The lowest BCUT2D eigenvalue weighted by Gasteiger charge is -2.69. The van der Waals surface area contributed by atoms with Gasteiger partial charge in [-0.3, -0.25) is 24.2 Å². The number of aryl methyl sites for hydroxylation is 1. The van der Waals surface area contributed by atoms with Crippen LogP contribution in [0.2, 0.25) is 0 Å². The average molecular weight is 800 g/mol. The van der Waals surface area contributed by atoms with Crippen LogP contribution < -0.4 is 10.6 Å². The third kappa shape index (κ3) is 7.96. The molecule has 11 unspecified atom stereocenters. The van der Waals surface area contributed by atoms with E-state index in [-0.39, 0.29) is 50.9 Å². The van der Waals surface area contributed by atoms with Crippen molar-refractivity contribution in [1.29, 1.82) is 0 Å². The van der Waals surface area contributed by atoms with Gasteiger partial charge >= 0.3 is 5.97 Å². The number of ketones is 2. The topological polar surface area (TPSA) is 125 Å². The van der Waals surface area contributed by atoms with Crippen LogP contribution >= 0.6 is 0 Å². The van der Waals surface area contributed by atoms with Crippen LogP contribution in [0.15, 0.2) is 29.3 Å². The summed E-state index contributed by atoms with van der Waals surface area (Å²) in [5.74, 6) is 2.67. The van der Waals surface area contributed by atoms with Crippen molar-refractivity contribution in [1.82, 2.24) is 15.6 Å². The number of allylic oxidation sites excluding steroid dienone is 2. The molecule has 0 spiro atoms. The molecule has 5 fully saturated rings. The summed E-state index contributed by atoms with van der Waals surface area (Å²) < 4.78 is 0. The molecule has 0 radical (unpaired) electrons. The molecule has 8 heteroatoms. The minimum Gasteiger partial charge on any atom is -0.481 e. The van der Waals surface area contributed by atoms with Crippen LogP contribution in [0.5, 0.6) is 0 Å². The number of carboxylic acid groups (broad SMARTS) is 1. The molecule has 1 aromatic rings. The number of hydrogen-bond donors (Lipinski definition) is 3. The molecule has 7 rings (SSSR count). The highest BCUT2D eigenvalue weighted by Crippen LogP contribution is 2.74. The van der Waals surface area contributed by atoms with Crippen LogP contribution in [0.1, 0.15) is 156 Å². The van der Waals surface area contributed by atoms with E-state index in [0.29, 0.717) is 59.7 Å². The number of rotatable bonds is 12. The van der Waals surface area contributed by atoms with Gasteiger partial charge in [-0.1, -0.05) is 60.1 Å². The lowest BCUT2D eigenvalue weighted by Crippen LogP contribution is -2.62. The van der Waals surface area contributed by atoms with Crippen molar-refractivity contribution in [2.45, 2.75) is 152 Å². The molecule has 11 atom stereocenters. The minimum atomic E-state index is -0.744. The molecule has 0 bridgehead atoms. The predicted octanol–water partition coefficient (Wildman–Crippen LogP) is 9.69. The van der Waals surface area contributed by atoms with E-state index in [4.69, 9.17) is 0 Å². The van der Waals surface area contributed by atoms with Gasteiger partial charge in [-0.2, -0.15) is 0 Å². The monoisotopic (exact) mass is 800 g/mol. The standard InChI is InChI=1S/C43H70N2O4.C7H7NO/c1-25(2)36-33(47)23-43(19-20-45-24-39(4,5)44-10)18-14-31-28(37(36)43)11-12-35-41(31,8)17-15-34-40(6,7)27(13-16-42(34,35)9)21-32(46)29-22-30(26(29)3)38(48)49;1-6-3-2-4-7(5-9)8-6/h25-31,34-35,44-45H,11-24H2,1-10H3,(H,48,49);2-5H,1H3. The third-order valence-corrected chi connectivity index (χ3v) is 18.0. The van der Waals surface area contributed by atoms with E-state index >= 15 is 0 Å². The van der Waals surface area contributed by atoms with Crippen LogP contribution in [-0.4, -0.2) is 59.6 Å². The first-order valence-electron chi connectivity index (χ1n) is 23.0. The van der Waals surface area contributed by atoms with Gasteiger partial charge in [0, 0.05) is 42.0 Å². The van der Waals surface area contributed by atoms with Crippen molar-refractivity contribution in [2.75, 3.05) is 20.1 Å². The fourth-order valence-corrected chi connectivity index (χ4v) is 14.6. The number of aldehydes is 1. The summed E-state index contributed by atoms with van der Waals surface area (Å²) in [6.07, 6.45) is 13.4. The van der Waals surface area contributed by atoms with Gasteiger partial charge in [0.25, 0.3) is 0 Å². The van der Waals surface area contributed by atoms with Gasteiger partial charge in [-0.15, -0.1) is 0 Å². The van der Waals surface area contributed by atoms with E-state index in [1.807, 2.05) is 33.0 Å². The number of hydrogen-bond acceptors (Lipinski definition) is 7. The zero-order valence-corrected chi connectivity index (χ0v) is 37.9. The summed E-state index contributed by atoms with van der Waals surface area (Å²) >= 11 is 0. The maximum atomic E-state index is 13.9. The summed E-state index contributed by atoms with van der Waals surface area (Å²) in [7, 11) is 2.03. The highest BCUT2D eigenvalue weighted by atomic mass is 16.4. The lowest BCUT2D eigenvalue weighted by molar-refractivity contribution is -0.193. The largest absolute Gasteiger partial charge is 0.481 e. The highest BCUT2D eigenvalue weighted by Gasteiger charge is 2.66. The van der Waals surface area contributed by atoms with Gasteiger partial charge in [0.1, 0.15) is 11.5 Å². The first-order valence-corrected chi connectivity index (χ1v) is 23.0. The molecule has 0 aromatic carbocycles. The Morgan fingerprint density at radius 3 is 2.29 bits per heavy atom. The van der Waals surface area contributed by atoms with Crippen LogP contribution in [-0.2, 0) is 14.4 Å². The van der Waals surface area contributed by atoms with E-state index in [1.54, 1.807) is 11.6 Å². The van der Waals surface area contributed by atoms with Crippen LogP contribution in [0.3, 0.4) is 0 Å². The maximum Gasteiger partial charge on any atom is 0.306 e. The number of aromatic nitrogens is 1. The SMILES string of the molecule is CNC(C)(C)CNCCC12CCC3C(CCC4C3(C)CCC3C(C)(C)C(CC(=O)C5CC(C(=O)O)C5C)CCC34C)C1=C(C(C)C)C(=O)C2.Cc1cccc(C=O)n1. The van der Waals surface area contributed by atoms with Crippen molar-refractivity contribution in [3.8, 4) is 0 Å². The van der Waals surface area contributed by atoms with Crippen LogP contribution in [0, 0.1) is 81.8 Å². The molecule has 58 heavy (non-hydrogen) atoms. The molecule has 322 valence electrons. The Labute approximate surface area is 350 Å². The molecule has 0 amide bonds. The first-order chi connectivity index (χ1) is 27.2. The summed E-state index contributed by atoms with van der Waals surface area (Å²) in [6.45, 7) is 24.9. The summed E-state index contributed by atoms with van der Waals surface area (Å²) in [5.41, 5.74) is 4.89. The Balaban J connectivity index is 0.000000557. The fraction of sp³-hybridized carbons (Fsp3) is 0.780. The van der Waals surface area contributed by atoms with Gasteiger partial charge in [0.2, 0.25) is 0 Å². The Bertz CT molecular complexity index is 1760. The summed E-state index contributed by atoms with van der Waals surface area (Å²) in [5, 5.41) is 16.7. The van der Waals surface area contributed by atoms with Crippen molar-refractivity contribution in [2.24, 2.45) is 74.9 Å². The molecule has 6 aliphatic rings. The Morgan fingerprint density at radius 2 is 1.69 bits per heavy atom. The number of pyridine rings is 1. The second-order valence-electron chi connectivity index (χ2n) is 22.1. The number of Topliss-reactive ketones (excluding diaryl/α,β-unsaturated/α-hetero) is 2. The van der Waals surface area contributed by atoms with Crippen molar-refractivity contribution in [3.63, 3.8) is 0 Å². The molecular weight excluding hydrogens is 723 g/mol. The molecule has 8 nitrogen and oxygen atoms in total. The van der Waals surface area contributed by atoms with Crippen molar-refractivity contribution < 1.29 is 24.3 Å².